The zero-order valence-corrected chi connectivity index (χ0v) is 9.26. The number of hydrogen-bond acceptors (Lipinski definition) is 6. The Morgan fingerprint density at radius 3 is 3.00 bits per heavy atom. The topological polar surface area (TPSA) is 56.3 Å². The first kappa shape index (κ1) is 11.4. The Labute approximate surface area is 87.6 Å². The lowest BCUT2D eigenvalue weighted by molar-refractivity contribution is 0.0913. The summed E-state index contributed by atoms with van der Waals surface area (Å²) in [5, 5.41) is 7.94. The van der Waals surface area contributed by atoms with Crippen LogP contribution in [0.2, 0.25) is 0 Å². The van der Waals surface area contributed by atoms with Crippen molar-refractivity contribution in [2.45, 2.75) is 13.0 Å². The van der Waals surface area contributed by atoms with Crippen LogP contribution >= 0.6 is 11.5 Å². The molecule has 0 aromatic carbocycles. The maximum absolute atomic E-state index is 5.41. The number of methoxy groups -OCH3 is 1. The highest BCUT2D eigenvalue weighted by Gasteiger charge is 2.05. The Bertz CT molecular complexity index is 254. The third-order valence-corrected chi connectivity index (χ3v) is 2.44. The van der Waals surface area contributed by atoms with Gasteiger partial charge in [0.2, 0.25) is 0 Å². The molecule has 1 rings (SSSR count). The van der Waals surface area contributed by atoms with Crippen molar-refractivity contribution in [1.82, 2.24) is 9.59 Å². The van der Waals surface area contributed by atoms with Gasteiger partial charge >= 0.3 is 0 Å². The molecule has 1 aromatic rings. The molecule has 0 bridgehead atoms. The molecule has 0 amide bonds. The van der Waals surface area contributed by atoms with Crippen molar-refractivity contribution in [2.24, 2.45) is 0 Å². The molecule has 5 nitrogen and oxygen atoms in total. The second-order valence-corrected chi connectivity index (χ2v) is 3.45. The Kier molecular flexibility index (Phi) is 5.43. The van der Waals surface area contributed by atoms with E-state index in [2.05, 4.69) is 14.9 Å². The van der Waals surface area contributed by atoms with Gasteiger partial charge in [0.05, 0.1) is 6.61 Å². The van der Waals surface area contributed by atoms with Crippen LogP contribution in [-0.2, 0) is 16.1 Å². The van der Waals surface area contributed by atoms with Crippen LogP contribution in [0.5, 0.6) is 0 Å². The van der Waals surface area contributed by atoms with Gasteiger partial charge in [0.15, 0.2) is 0 Å². The second-order valence-electron chi connectivity index (χ2n) is 2.70. The Morgan fingerprint density at radius 2 is 2.29 bits per heavy atom. The first-order chi connectivity index (χ1) is 6.88. The number of ether oxygens (including phenoxy) is 2. The van der Waals surface area contributed by atoms with Gasteiger partial charge in [0, 0.05) is 38.9 Å². The van der Waals surface area contributed by atoms with Crippen LogP contribution in [0, 0.1) is 0 Å². The summed E-state index contributed by atoms with van der Waals surface area (Å²) < 4.78 is 14.1. The summed E-state index contributed by atoms with van der Waals surface area (Å²) in [7, 11) is 3.53. The lowest BCUT2D eigenvalue weighted by Crippen LogP contribution is -2.01. The molecule has 0 aliphatic carbocycles. The predicted octanol–water partition coefficient (Wildman–Crippen LogP) is 1.13. The summed E-state index contributed by atoms with van der Waals surface area (Å²) in [6, 6.07) is 0. The third kappa shape index (κ3) is 3.57. The van der Waals surface area contributed by atoms with E-state index in [1.54, 1.807) is 7.11 Å². The quantitative estimate of drug-likeness (QED) is 0.694. The van der Waals surface area contributed by atoms with Crippen molar-refractivity contribution < 1.29 is 9.47 Å². The molecular formula is C8H15N3O2S. The third-order valence-electron chi connectivity index (χ3n) is 1.66. The van der Waals surface area contributed by atoms with E-state index in [-0.39, 0.29) is 0 Å². The van der Waals surface area contributed by atoms with E-state index in [0.29, 0.717) is 13.2 Å². The zero-order chi connectivity index (χ0) is 10.2. The summed E-state index contributed by atoms with van der Waals surface area (Å²) in [5.41, 5.74) is 0.870. The standard InChI is InChI=1S/C8H15N3O2S/c1-9-8-7(10-11-14-8)6-13-5-3-4-12-2/h9H,3-6H2,1-2H3. The largest absolute Gasteiger partial charge is 0.385 e. The highest BCUT2D eigenvalue weighted by Crippen LogP contribution is 2.16. The van der Waals surface area contributed by atoms with Crippen molar-refractivity contribution in [3.8, 4) is 0 Å². The van der Waals surface area contributed by atoms with Crippen molar-refractivity contribution in [3.05, 3.63) is 5.69 Å². The molecule has 0 saturated carbocycles. The van der Waals surface area contributed by atoms with Gasteiger partial charge in [-0.3, -0.25) is 0 Å². The first-order valence-electron chi connectivity index (χ1n) is 4.44. The summed E-state index contributed by atoms with van der Waals surface area (Å²) in [4.78, 5) is 0. The molecule has 0 aliphatic heterocycles. The molecular weight excluding hydrogens is 202 g/mol. The molecule has 0 unspecified atom stereocenters. The van der Waals surface area contributed by atoms with Crippen LogP contribution in [0.15, 0.2) is 0 Å². The minimum absolute atomic E-state index is 0.510. The van der Waals surface area contributed by atoms with Crippen LogP contribution < -0.4 is 5.32 Å². The van der Waals surface area contributed by atoms with Crippen LogP contribution in [0.3, 0.4) is 0 Å². The summed E-state index contributed by atoms with van der Waals surface area (Å²) in [6.07, 6.45) is 0.906. The number of hydrogen-bond donors (Lipinski definition) is 1. The molecule has 80 valence electrons. The molecule has 14 heavy (non-hydrogen) atoms. The molecule has 6 heteroatoms. The monoisotopic (exact) mass is 217 g/mol. The first-order valence-corrected chi connectivity index (χ1v) is 5.21. The lowest BCUT2D eigenvalue weighted by atomic mass is 10.4. The number of nitrogens with zero attached hydrogens (tertiary/aromatic N) is 2. The van der Waals surface area contributed by atoms with E-state index in [9.17, 15) is 0 Å². The van der Waals surface area contributed by atoms with Crippen molar-refractivity contribution in [1.29, 1.82) is 0 Å². The van der Waals surface area contributed by atoms with Crippen LogP contribution in [0.4, 0.5) is 5.00 Å². The molecule has 1 aromatic heterocycles. The number of nitrogens with one attached hydrogen (secondary N) is 1. The maximum atomic E-state index is 5.41. The van der Waals surface area contributed by atoms with Gasteiger partial charge < -0.3 is 14.8 Å². The maximum Gasteiger partial charge on any atom is 0.135 e. The smallest absolute Gasteiger partial charge is 0.135 e. The van der Waals surface area contributed by atoms with E-state index in [1.165, 1.54) is 11.5 Å². The fraction of sp³-hybridized carbons (Fsp3) is 0.750. The highest BCUT2D eigenvalue weighted by molar-refractivity contribution is 7.10. The van der Waals surface area contributed by atoms with Crippen molar-refractivity contribution >= 4 is 16.5 Å². The normalized spacial score (nSPS) is 10.4. The number of aromatic nitrogens is 2. The molecule has 1 heterocycles. The molecule has 0 fully saturated rings. The van der Waals surface area contributed by atoms with Crippen LogP contribution in [-0.4, -0.2) is 37.0 Å². The fourth-order valence-corrected chi connectivity index (χ4v) is 1.48. The van der Waals surface area contributed by atoms with Gasteiger partial charge in [-0.25, -0.2) is 0 Å². The molecule has 0 radical (unpaired) electrons. The van der Waals surface area contributed by atoms with E-state index < -0.39 is 0 Å². The van der Waals surface area contributed by atoms with Gasteiger partial charge in [-0.05, 0) is 6.42 Å². The van der Waals surface area contributed by atoms with Gasteiger partial charge in [-0.1, -0.05) is 4.49 Å². The van der Waals surface area contributed by atoms with Crippen molar-refractivity contribution in [2.75, 3.05) is 32.7 Å². The average Bonchev–Trinajstić information content (AvgIpc) is 2.65. The molecule has 0 spiro atoms. The van der Waals surface area contributed by atoms with E-state index >= 15 is 0 Å². The fourth-order valence-electron chi connectivity index (χ4n) is 0.967. The lowest BCUT2D eigenvalue weighted by Gasteiger charge is -2.02. The molecule has 0 atom stereocenters. The Balaban J connectivity index is 2.17. The predicted molar refractivity (Wildman–Crippen MR) is 55.6 cm³/mol. The van der Waals surface area contributed by atoms with Crippen molar-refractivity contribution in [3.63, 3.8) is 0 Å². The molecule has 1 N–H and O–H groups in total. The average molecular weight is 217 g/mol. The molecule has 0 aliphatic rings. The second kappa shape index (κ2) is 6.69. The molecule has 0 saturated heterocycles. The Morgan fingerprint density at radius 1 is 1.43 bits per heavy atom. The summed E-state index contributed by atoms with van der Waals surface area (Å²) >= 11 is 1.34. The summed E-state index contributed by atoms with van der Waals surface area (Å²) in [5.74, 6) is 0. The van der Waals surface area contributed by atoms with Gasteiger partial charge in [0.25, 0.3) is 0 Å². The zero-order valence-electron chi connectivity index (χ0n) is 8.45. The highest BCUT2D eigenvalue weighted by atomic mass is 32.1. The van der Waals surface area contributed by atoms with Crippen LogP contribution in [0.25, 0.3) is 0 Å². The number of rotatable bonds is 7. The van der Waals surface area contributed by atoms with E-state index in [0.717, 1.165) is 23.7 Å². The Hall–Kier alpha value is -0.720. The van der Waals surface area contributed by atoms with Gasteiger partial charge in [-0.2, -0.15) is 0 Å². The minimum atomic E-state index is 0.510. The SMILES string of the molecule is CNc1snnc1COCCCOC. The van der Waals surface area contributed by atoms with Gasteiger partial charge in [-0.15, -0.1) is 5.10 Å². The van der Waals surface area contributed by atoms with Gasteiger partial charge in [0.1, 0.15) is 10.7 Å². The van der Waals surface area contributed by atoms with E-state index in [4.69, 9.17) is 9.47 Å². The van der Waals surface area contributed by atoms with Crippen LogP contribution in [0.1, 0.15) is 12.1 Å². The number of anilines is 1. The summed E-state index contributed by atoms with van der Waals surface area (Å²) in [6.45, 7) is 1.93. The van der Waals surface area contributed by atoms with E-state index in [1.807, 2.05) is 7.05 Å². The minimum Gasteiger partial charge on any atom is -0.385 e.